The summed E-state index contributed by atoms with van der Waals surface area (Å²) in [4.78, 5) is 0. The summed E-state index contributed by atoms with van der Waals surface area (Å²) in [7, 11) is -1.79. The molecule has 0 amide bonds. The fourth-order valence-corrected chi connectivity index (χ4v) is 6.06. The molecule has 0 bridgehead atoms. The number of nitrogens with zero attached hydrogens (tertiary/aromatic N) is 2. The van der Waals surface area contributed by atoms with E-state index in [9.17, 15) is 5.26 Å². The van der Waals surface area contributed by atoms with Crippen LogP contribution in [0.25, 0.3) is 22.0 Å². The molecule has 1 fully saturated rings. The van der Waals surface area contributed by atoms with Crippen LogP contribution in [-0.2, 0) is 4.43 Å². The van der Waals surface area contributed by atoms with E-state index in [-0.39, 0.29) is 5.04 Å². The number of rotatable bonds is 4. The van der Waals surface area contributed by atoms with Crippen molar-refractivity contribution in [2.75, 3.05) is 5.73 Å². The minimum Gasteiger partial charge on any atom is -0.414 e. The van der Waals surface area contributed by atoms with Gasteiger partial charge in [0.2, 0.25) is 0 Å². The van der Waals surface area contributed by atoms with Gasteiger partial charge in [-0.25, -0.2) is 0 Å². The molecular formula is C27H35N3OSi. The van der Waals surface area contributed by atoms with E-state index < -0.39 is 8.32 Å². The van der Waals surface area contributed by atoms with Crippen molar-refractivity contribution in [3.8, 4) is 17.2 Å². The molecule has 5 heteroatoms. The molecule has 4 rings (SSSR count). The number of anilines is 1. The molecule has 1 aliphatic rings. The molecule has 4 nitrogen and oxygen atoms in total. The number of benzene rings is 2. The van der Waals surface area contributed by atoms with Crippen molar-refractivity contribution < 1.29 is 4.43 Å². The van der Waals surface area contributed by atoms with Crippen molar-refractivity contribution in [1.29, 1.82) is 5.26 Å². The smallest absolute Gasteiger partial charge is 0.192 e. The van der Waals surface area contributed by atoms with Crippen LogP contribution in [0.5, 0.6) is 0 Å². The Labute approximate surface area is 193 Å². The fourth-order valence-electron chi connectivity index (χ4n) is 4.66. The monoisotopic (exact) mass is 445 g/mol. The third-order valence-corrected chi connectivity index (χ3v) is 12.2. The summed E-state index contributed by atoms with van der Waals surface area (Å²) in [5.41, 5.74) is 12.3. The second kappa shape index (κ2) is 8.10. The average Bonchev–Trinajstić information content (AvgIpc) is 3.32. The Morgan fingerprint density at radius 1 is 1.12 bits per heavy atom. The van der Waals surface area contributed by atoms with Gasteiger partial charge >= 0.3 is 0 Å². The zero-order valence-corrected chi connectivity index (χ0v) is 21.2. The first kappa shape index (κ1) is 22.6. The highest BCUT2D eigenvalue weighted by Gasteiger charge is 2.41. The lowest BCUT2D eigenvalue weighted by molar-refractivity contribution is 0.183. The van der Waals surface area contributed by atoms with Gasteiger partial charge < -0.3 is 14.7 Å². The second-order valence-corrected chi connectivity index (χ2v) is 15.5. The summed E-state index contributed by atoms with van der Waals surface area (Å²) in [6, 6.07) is 14.8. The van der Waals surface area contributed by atoms with Crippen molar-refractivity contribution in [1.82, 2.24) is 4.57 Å². The molecule has 2 aromatic carbocycles. The van der Waals surface area contributed by atoms with Gasteiger partial charge in [-0.3, -0.25) is 0 Å². The Balaban J connectivity index is 1.73. The molecule has 0 spiro atoms. The van der Waals surface area contributed by atoms with E-state index in [1.165, 1.54) is 5.52 Å². The van der Waals surface area contributed by atoms with E-state index in [0.717, 1.165) is 47.0 Å². The Hall–Kier alpha value is -2.55. The van der Waals surface area contributed by atoms with Gasteiger partial charge in [-0.05, 0) is 79.7 Å². The lowest BCUT2D eigenvalue weighted by Crippen LogP contribution is -2.43. The largest absolute Gasteiger partial charge is 0.414 e. The van der Waals surface area contributed by atoms with E-state index in [0.29, 0.717) is 17.7 Å². The molecule has 0 aliphatic heterocycles. The standard InChI is InChI=1S/C27H35N3OSi/c1-18-22(8-7-9-25(18)29)24-17-30(26-13-10-19(16-28)14-23(24)26)20-11-12-21(15-20)31-32(5,6)27(2,3)4/h7-10,13-14,17,20-21H,11-12,15,29H2,1-6H3. The number of hydrogen-bond donors (Lipinski definition) is 1. The van der Waals surface area contributed by atoms with Crippen molar-refractivity contribution >= 4 is 24.9 Å². The maximum Gasteiger partial charge on any atom is 0.192 e. The minimum atomic E-state index is -1.79. The van der Waals surface area contributed by atoms with Crippen LogP contribution in [0.3, 0.4) is 0 Å². The highest BCUT2D eigenvalue weighted by molar-refractivity contribution is 6.74. The molecule has 32 heavy (non-hydrogen) atoms. The second-order valence-electron chi connectivity index (χ2n) is 10.8. The van der Waals surface area contributed by atoms with Crippen LogP contribution < -0.4 is 5.73 Å². The van der Waals surface area contributed by atoms with E-state index in [4.69, 9.17) is 10.2 Å². The van der Waals surface area contributed by atoms with Crippen LogP contribution in [0, 0.1) is 18.3 Å². The predicted octanol–water partition coefficient (Wildman–Crippen LogP) is 7.19. The van der Waals surface area contributed by atoms with Crippen LogP contribution in [0.15, 0.2) is 42.6 Å². The molecule has 0 radical (unpaired) electrons. The molecule has 0 saturated heterocycles. The van der Waals surface area contributed by atoms with Crippen LogP contribution in [0.2, 0.25) is 18.1 Å². The molecule has 168 valence electrons. The van der Waals surface area contributed by atoms with Gasteiger partial charge in [-0.15, -0.1) is 0 Å². The van der Waals surface area contributed by atoms with Crippen LogP contribution in [0.1, 0.15) is 57.2 Å². The maximum absolute atomic E-state index is 9.49. The van der Waals surface area contributed by atoms with Crippen LogP contribution in [-0.4, -0.2) is 19.0 Å². The SMILES string of the molecule is Cc1c(N)cccc1-c1cn(C2CCC(O[Si](C)(C)C(C)(C)C)C2)c2ccc(C#N)cc12. The summed E-state index contributed by atoms with van der Waals surface area (Å²) < 4.78 is 9.18. The lowest BCUT2D eigenvalue weighted by atomic mass is 9.98. The van der Waals surface area contributed by atoms with Gasteiger partial charge in [-0.1, -0.05) is 32.9 Å². The predicted molar refractivity (Wildman–Crippen MR) is 136 cm³/mol. The first-order chi connectivity index (χ1) is 15.0. The third-order valence-electron chi connectivity index (χ3n) is 7.65. The molecule has 1 saturated carbocycles. The summed E-state index contributed by atoms with van der Waals surface area (Å²) in [6.07, 6.45) is 5.82. The van der Waals surface area contributed by atoms with Gasteiger partial charge in [0.25, 0.3) is 0 Å². The fraction of sp³-hybridized carbons (Fsp3) is 0.444. The zero-order chi connectivity index (χ0) is 23.3. The van der Waals surface area contributed by atoms with Crippen molar-refractivity contribution in [3.05, 3.63) is 53.7 Å². The number of nitrogens with two attached hydrogens (primary N) is 1. The average molecular weight is 446 g/mol. The Bertz CT molecular complexity index is 1200. The van der Waals surface area contributed by atoms with E-state index in [2.05, 4.69) is 69.8 Å². The van der Waals surface area contributed by atoms with Crippen molar-refractivity contribution in [2.45, 2.75) is 77.2 Å². The molecule has 1 aromatic heterocycles. The van der Waals surface area contributed by atoms with Gasteiger partial charge in [0.1, 0.15) is 0 Å². The molecule has 3 aromatic rings. The van der Waals surface area contributed by atoms with Gasteiger partial charge in [0, 0.05) is 40.5 Å². The quantitative estimate of drug-likeness (QED) is 0.341. The molecule has 2 unspecified atom stereocenters. The van der Waals surface area contributed by atoms with Gasteiger partial charge in [0.15, 0.2) is 8.32 Å². The lowest BCUT2D eigenvalue weighted by Gasteiger charge is -2.38. The highest BCUT2D eigenvalue weighted by atomic mass is 28.4. The Morgan fingerprint density at radius 3 is 2.56 bits per heavy atom. The van der Waals surface area contributed by atoms with E-state index >= 15 is 0 Å². The Kier molecular flexibility index (Phi) is 5.73. The number of hydrogen-bond acceptors (Lipinski definition) is 3. The summed E-state index contributed by atoms with van der Waals surface area (Å²) >= 11 is 0. The van der Waals surface area contributed by atoms with Crippen molar-refractivity contribution in [3.63, 3.8) is 0 Å². The third kappa shape index (κ3) is 3.98. The normalized spacial score (nSPS) is 19.4. The molecule has 1 heterocycles. The summed E-state index contributed by atoms with van der Waals surface area (Å²) in [5.74, 6) is 0. The summed E-state index contributed by atoms with van der Waals surface area (Å²) in [5, 5.41) is 10.8. The molecule has 2 N–H and O–H groups in total. The first-order valence-corrected chi connectivity index (χ1v) is 14.5. The zero-order valence-electron chi connectivity index (χ0n) is 20.2. The maximum atomic E-state index is 9.49. The Morgan fingerprint density at radius 2 is 1.88 bits per heavy atom. The molecular weight excluding hydrogens is 410 g/mol. The topological polar surface area (TPSA) is 64.0 Å². The first-order valence-electron chi connectivity index (χ1n) is 11.6. The van der Waals surface area contributed by atoms with Crippen molar-refractivity contribution in [2.24, 2.45) is 0 Å². The number of aromatic nitrogens is 1. The van der Waals surface area contributed by atoms with E-state index in [1.807, 2.05) is 24.3 Å². The van der Waals surface area contributed by atoms with Crippen LogP contribution >= 0.6 is 0 Å². The number of nitrogen functional groups attached to an aromatic ring is 1. The minimum absolute atomic E-state index is 0.219. The van der Waals surface area contributed by atoms with Gasteiger partial charge in [-0.2, -0.15) is 5.26 Å². The highest BCUT2D eigenvalue weighted by Crippen LogP contribution is 2.43. The van der Waals surface area contributed by atoms with Crippen LogP contribution in [0.4, 0.5) is 5.69 Å². The number of fused-ring (bicyclic) bond motifs is 1. The number of nitriles is 1. The summed E-state index contributed by atoms with van der Waals surface area (Å²) in [6.45, 7) is 13.7. The molecule has 1 aliphatic carbocycles. The van der Waals surface area contributed by atoms with Gasteiger partial charge in [0.05, 0.1) is 11.6 Å². The molecule has 2 atom stereocenters. The van der Waals surface area contributed by atoms with E-state index in [1.54, 1.807) is 0 Å².